The van der Waals surface area contributed by atoms with Crippen LogP contribution in [0.15, 0.2) is 0 Å². The normalized spacial score (nSPS) is 25.4. The standard InChI is InChI=1S/C12H18N2O3/c1-8-9(7-13)10(15)5-6-14(8)11(16)17-12(2,3)4/h8-9H,5-6H2,1-4H3/t8-,9?/m1/s1. The summed E-state index contributed by atoms with van der Waals surface area (Å²) in [7, 11) is 0. The third-order valence-electron chi connectivity index (χ3n) is 2.69. The molecule has 1 saturated heterocycles. The lowest BCUT2D eigenvalue weighted by molar-refractivity contribution is -0.125. The Kier molecular flexibility index (Phi) is 3.76. The second-order valence-corrected chi connectivity index (χ2v) is 5.24. The molecule has 1 aliphatic heterocycles. The van der Waals surface area contributed by atoms with E-state index in [1.807, 2.05) is 6.07 Å². The second-order valence-electron chi connectivity index (χ2n) is 5.24. The summed E-state index contributed by atoms with van der Waals surface area (Å²) in [5.74, 6) is -0.837. The molecule has 17 heavy (non-hydrogen) atoms. The van der Waals surface area contributed by atoms with Gasteiger partial charge in [0, 0.05) is 13.0 Å². The number of hydrogen-bond acceptors (Lipinski definition) is 4. The van der Waals surface area contributed by atoms with Gasteiger partial charge >= 0.3 is 6.09 Å². The number of amides is 1. The molecular formula is C12H18N2O3. The Hall–Kier alpha value is -1.57. The van der Waals surface area contributed by atoms with Crippen LogP contribution in [0.25, 0.3) is 0 Å². The lowest BCUT2D eigenvalue weighted by Crippen LogP contribution is -2.51. The highest BCUT2D eigenvalue weighted by Crippen LogP contribution is 2.22. The topological polar surface area (TPSA) is 70.4 Å². The van der Waals surface area contributed by atoms with Gasteiger partial charge in [-0.1, -0.05) is 0 Å². The summed E-state index contributed by atoms with van der Waals surface area (Å²) in [6.45, 7) is 7.38. The smallest absolute Gasteiger partial charge is 0.410 e. The number of nitriles is 1. The van der Waals surface area contributed by atoms with Crippen molar-refractivity contribution < 1.29 is 14.3 Å². The van der Waals surface area contributed by atoms with E-state index in [1.165, 1.54) is 4.90 Å². The zero-order valence-corrected chi connectivity index (χ0v) is 10.7. The number of Topliss-reactive ketones (excluding diaryl/α,β-unsaturated/α-hetero) is 1. The van der Waals surface area contributed by atoms with Crippen LogP contribution in [0.1, 0.15) is 34.1 Å². The average molecular weight is 238 g/mol. The number of hydrogen-bond donors (Lipinski definition) is 0. The zero-order chi connectivity index (χ0) is 13.2. The summed E-state index contributed by atoms with van der Waals surface area (Å²) in [5.41, 5.74) is -0.569. The Morgan fingerprint density at radius 3 is 2.59 bits per heavy atom. The Labute approximate surface area is 101 Å². The van der Waals surface area contributed by atoms with E-state index in [1.54, 1.807) is 27.7 Å². The number of nitrogens with zero attached hydrogens (tertiary/aromatic N) is 2. The highest BCUT2D eigenvalue weighted by Gasteiger charge is 2.38. The van der Waals surface area contributed by atoms with Gasteiger partial charge in [0.1, 0.15) is 11.5 Å². The number of ether oxygens (including phenoxy) is 1. The van der Waals surface area contributed by atoms with Gasteiger partial charge in [0.05, 0.1) is 12.1 Å². The number of rotatable bonds is 0. The number of piperidine rings is 1. The van der Waals surface area contributed by atoms with Crippen molar-refractivity contribution in [2.75, 3.05) is 6.54 Å². The van der Waals surface area contributed by atoms with E-state index in [-0.39, 0.29) is 12.2 Å². The molecule has 1 aliphatic rings. The highest BCUT2D eigenvalue weighted by atomic mass is 16.6. The van der Waals surface area contributed by atoms with Gasteiger partial charge in [-0.15, -0.1) is 0 Å². The van der Waals surface area contributed by atoms with E-state index in [9.17, 15) is 9.59 Å². The second kappa shape index (κ2) is 4.74. The maximum atomic E-state index is 11.9. The molecule has 1 heterocycles. The first-order chi connectivity index (χ1) is 7.76. The highest BCUT2D eigenvalue weighted by molar-refractivity contribution is 5.86. The Morgan fingerprint density at radius 2 is 2.12 bits per heavy atom. The van der Waals surface area contributed by atoms with E-state index < -0.39 is 23.7 Å². The first-order valence-electron chi connectivity index (χ1n) is 5.68. The predicted octanol–water partition coefficient (Wildman–Crippen LogP) is 1.72. The molecule has 0 radical (unpaired) electrons. The van der Waals surface area contributed by atoms with Crippen molar-refractivity contribution in [2.24, 2.45) is 5.92 Å². The minimum absolute atomic E-state index is 0.0974. The van der Waals surface area contributed by atoms with Crippen LogP contribution in [-0.4, -0.2) is 35.0 Å². The molecule has 5 nitrogen and oxygen atoms in total. The molecule has 0 saturated carbocycles. The van der Waals surface area contributed by atoms with Crippen LogP contribution >= 0.6 is 0 Å². The minimum Gasteiger partial charge on any atom is -0.444 e. The van der Waals surface area contributed by atoms with Crippen molar-refractivity contribution >= 4 is 11.9 Å². The molecule has 0 aromatic carbocycles. The van der Waals surface area contributed by atoms with Crippen molar-refractivity contribution in [1.29, 1.82) is 5.26 Å². The number of carbonyl (C=O) groups is 2. The van der Waals surface area contributed by atoms with Gasteiger partial charge in [-0.2, -0.15) is 5.26 Å². The summed E-state index contributed by atoms with van der Waals surface area (Å²) in [4.78, 5) is 24.8. The molecule has 94 valence electrons. The van der Waals surface area contributed by atoms with E-state index in [0.717, 1.165) is 0 Å². The SMILES string of the molecule is C[C@@H]1C(C#N)C(=O)CCN1C(=O)OC(C)(C)C. The summed E-state index contributed by atoms with van der Waals surface area (Å²) in [6.07, 6.45) is -0.236. The number of ketones is 1. The van der Waals surface area contributed by atoms with Crippen molar-refractivity contribution in [3.63, 3.8) is 0 Å². The quantitative estimate of drug-likeness (QED) is 0.644. The van der Waals surface area contributed by atoms with Crippen LogP contribution in [0, 0.1) is 17.2 Å². The molecule has 1 amide bonds. The van der Waals surface area contributed by atoms with Gasteiger partial charge < -0.3 is 9.64 Å². The lowest BCUT2D eigenvalue weighted by Gasteiger charge is -2.36. The molecule has 0 N–H and O–H groups in total. The molecule has 5 heteroatoms. The first kappa shape index (κ1) is 13.5. The molecule has 0 aliphatic carbocycles. The molecule has 1 fully saturated rings. The summed E-state index contributed by atoms with van der Waals surface area (Å²) in [5, 5.41) is 8.91. The van der Waals surface area contributed by atoms with E-state index >= 15 is 0 Å². The van der Waals surface area contributed by atoms with E-state index in [4.69, 9.17) is 10.00 Å². The van der Waals surface area contributed by atoms with Crippen LogP contribution in [0.3, 0.4) is 0 Å². The number of likely N-dealkylation sites (tertiary alicyclic amines) is 1. The summed E-state index contributed by atoms with van der Waals surface area (Å²) >= 11 is 0. The molecular weight excluding hydrogens is 220 g/mol. The summed E-state index contributed by atoms with van der Waals surface area (Å²) < 4.78 is 5.24. The fourth-order valence-corrected chi connectivity index (χ4v) is 1.80. The maximum Gasteiger partial charge on any atom is 0.410 e. The van der Waals surface area contributed by atoms with Crippen molar-refractivity contribution in [1.82, 2.24) is 4.90 Å². The van der Waals surface area contributed by atoms with Crippen molar-refractivity contribution in [3.8, 4) is 6.07 Å². The fraction of sp³-hybridized carbons (Fsp3) is 0.750. The average Bonchev–Trinajstić information content (AvgIpc) is 2.15. The van der Waals surface area contributed by atoms with E-state index in [2.05, 4.69) is 0 Å². The molecule has 0 spiro atoms. The fourth-order valence-electron chi connectivity index (χ4n) is 1.80. The van der Waals surface area contributed by atoms with Gasteiger partial charge in [0.25, 0.3) is 0 Å². The van der Waals surface area contributed by atoms with Gasteiger partial charge in [-0.05, 0) is 27.7 Å². The van der Waals surface area contributed by atoms with Crippen LogP contribution < -0.4 is 0 Å². The third kappa shape index (κ3) is 3.19. The molecule has 1 rings (SSSR count). The predicted molar refractivity (Wildman–Crippen MR) is 61.1 cm³/mol. The van der Waals surface area contributed by atoms with Gasteiger partial charge in [-0.3, -0.25) is 4.79 Å². The molecule has 0 bridgehead atoms. The van der Waals surface area contributed by atoms with Gasteiger partial charge in [-0.25, -0.2) is 4.79 Å². The van der Waals surface area contributed by atoms with Gasteiger partial charge in [0.15, 0.2) is 5.78 Å². The molecule has 0 aromatic heterocycles. The third-order valence-corrected chi connectivity index (χ3v) is 2.69. The lowest BCUT2D eigenvalue weighted by atomic mass is 9.90. The van der Waals surface area contributed by atoms with Gasteiger partial charge in [0.2, 0.25) is 0 Å². The van der Waals surface area contributed by atoms with Crippen LogP contribution in [0.2, 0.25) is 0 Å². The van der Waals surface area contributed by atoms with Crippen LogP contribution in [0.5, 0.6) is 0 Å². The molecule has 2 atom stereocenters. The maximum absolute atomic E-state index is 11.9. The van der Waals surface area contributed by atoms with Crippen molar-refractivity contribution in [3.05, 3.63) is 0 Å². The van der Waals surface area contributed by atoms with Crippen LogP contribution in [-0.2, 0) is 9.53 Å². The first-order valence-corrected chi connectivity index (χ1v) is 5.68. The van der Waals surface area contributed by atoms with Crippen molar-refractivity contribution in [2.45, 2.75) is 45.8 Å². The largest absolute Gasteiger partial charge is 0.444 e. The van der Waals surface area contributed by atoms with E-state index in [0.29, 0.717) is 6.54 Å². The molecule has 0 aromatic rings. The Bertz CT molecular complexity index is 365. The Morgan fingerprint density at radius 1 is 1.53 bits per heavy atom. The summed E-state index contributed by atoms with van der Waals surface area (Å²) in [6, 6.07) is 1.53. The Balaban J connectivity index is 2.76. The minimum atomic E-state index is -0.740. The van der Waals surface area contributed by atoms with Crippen LogP contribution in [0.4, 0.5) is 4.79 Å². The number of carbonyl (C=O) groups excluding carboxylic acids is 2. The molecule has 1 unspecified atom stereocenters. The monoisotopic (exact) mass is 238 g/mol. The zero-order valence-electron chi connectivity index (χ0n) is 10.7.